The van der Waals surface area contributed by atoms with E-state index in [0.717, 1.165) is 22.3 Å². The highest BCUT2D eigenvalue weighted by Gasteiger charge is 2.30. The number of hydrogen-bond acceptors (Lipinski definition) is 5. The zero-order chi connectivity index (χ0) is 21.0. The number of sulfonamides is 1. The van der Waals surface area contributed by atoms with Gasteiger partial charge in [0.1, 0.15) is 11.3 Å². The Morgan fingerprint density at radius 3 is 2.55 bits per heavy atom. The van der Waals surface area contributed by atoms with Crippen molar-refractivity contribution >= 4 is 27.0 Å². The Kier molecular flexibility index (Phi) is 6.81. The summed E-state index contributed by atoms with van der Waals surface area (Å²) in [5, 5.41) is 7.34. The Bertz CT molecular complexity index is 960. The highest BCUT2D eigenvalue weighted by Crippen LogP contribution is 2.24. The molecule has 2 heterocycles. The molecule has 1 aliphatic rings. The van der Waals surface area contributed by atoms with Crippen molar-refractivity contribution in [2.45, 2.75) is 39.5 Å². The summed E-state index contributed by atoms with van der Waals surface area (Å²) in [4.78, 5) is 4.17. The number of para-hydroxylation sites is 1. The molecule has 0 saturated carbocycles. The SMILES string of the molecule is CN=C(NCCS(=O)(=O)N1CC(C)OC(C)C1)NCc1oc2ccccc2c1C. The molecule has 8 nitrogen and oxygen atoms in total. The minimum atomic E-state index is -3.35. The zero-order valence-electron chi connectivity index (χ0n) is 17.4. The van der Waals surface area contributed by atoms with E-state index in [2.05, 4.69) is 15.6 Å². The van der Waals surface area contributed by atoms with Crippen LogP contribution in [0.4, 0.5) is 0 Å². The molecule has 3 rings (SSSR count). The van der Waals surface area contributed by atoms with Crippen molar-refractivity contribution in [3.05, 3.63) is 35.6 Å². The quantitative estimate of drug-likeness (QED) is 0.545. The summed E-state index contributed by atoms with van der Waals surface area (Å²) in [5.41, 5.74) is 1.94. The first kappa shape index (κ1) is 21.6. The van der Waals surface area contributed by atoms with Gasteiger partial charge in [-0.3, -0.25) is 4.99 Å². The number of aryl methyl sites for hydroxylation is 1. The number of aliphatic imine (C=N–C) groups is 1. The van der Waals surface area contributed by atoms with Crippen LogP contribution in [-0.2, 0) is 21.3 Å². The smallest absolute Gasteiger partial charge is 0.216 e. The van der Waals surface area contributed by atoms with Gasteiger partial charge in [0.25, 0.3) is 0 Å². The molecule has 2 aromatic rings. The molecular weight excluding hydrogens is 392 g/mol. The number of rotatable bonds is 6. The topological polar surface area (TPSA) is 96.2 Å². The number of ether oxygens (including phenoxy) is 1. The van der Waals surface area contributed by atoms with Gasteiger partial charge in [-0.15, -0.1) is 0 Å². The Morgan fingerprint density at radius 1 is 1.21 bits per heavy atom. The van der Waals surface area contributed by atoms with Gasteiger partial charge >= 0.3 is 0 Å². The van der Waals surface area contributed by atoms with Crippen LogP contribution < -0.4 is 10.6 Å². The molecular formula is C20H30N4O4S. The Balaban J connectivity index is 1.52. The minimum absolute atomic E-state index is 0.00317. The van der Waals surface area contributed by atoms with Gasteiger partial charge in [0.2, 0.25) is 10.0 Å². The fourth-order valence-electron chi connectivity index (χ4n) is 3.56. The molecule has 0 aliphatic carbocycles. The first-order valence-corrected chi connectivity index (χ1v) is 11.5. The molecule has 0 bridgehead atoms. The average Bonchev–Trinajstić information content (AvgIpc) is 3.00. The average molecular weight is 423 g/mol. The van der Waals surface area contributed by atoms with Crippen LogP contribution in [0.15, 0.2) is 33.7 Å². The normalized spacial score (nSPS) is 21.4. The summed E-state index contributed by atoms with van der Waals surface area (Å²) in [6, 6.07) is 7.90. The van der Waals surface area contributed by atoms with Crippen LogP contribution in [0.2, 0.25) is 0 Å². The van der Waals surface area contributed by atoms with E-state index in [1.165, 1.54) is 4.31 Å². The van der Waals surface area contributed by atoms with E-state index in [9.17, 15) is 8.42 Å². The number of benzene rings is 1. The van der Waals surface area contributed by atoms with Crippen molar-refractivity contribution in [2.24, 2.45) is 4.99 Å². The minimum Gasteiger partial charge on any atom is -0.459 e. The third kappa shape index (κ3) is 5.29. The largest absolute Gasteiger partial charge is 0.459 e. The lowest BCUT2D eigenvalue weighted by Gasteiger charge is -2.34. The zero-order valence-corrected chi connectivity index (χ0v) is 18.3. The van der Waals surface area contributed by atoms with Crippen LogP contribution in [0.25, 0.3) is 11.0 Å². The lowest BCUT2D eigenvalue weighted by Crippen LogP contribution is -2.50. The molecule has 1 aromatic carbocycles. The van der Waals surface area contributed by atoms with Gasteiger partial charge in [0, 0.05) is 37.6 Å². The second-order valence-electron chi connectivity index (χ2n) is 7.39. The summed E-state index contributed by atoms with van der Waals surface area (Å²) in [7, 11) is -1.70. The van der Waals surface area contributed by atoms with Crippen LogP contribution in [-0.4, -0.2) is 63.3 Å². The van der Waals surface area contributed by atoms with Crippen molar-refractivity contribution < 1.29 is 17.6 Å². The lowest BCUT2D eigenvalue weighted by molar-refractivity contribution is -0.0440. The molecule has 2 N–H and O–H groups in total. The van der Waals surface area contributed by atoms with E-state index in [1.54, 1.807) is 7.05 Å². The van der Waals surface area contributed by atoms with Gasteiger partial charge < -0.3 is 19.8 Å². The van der Waals surface area contributed by atoms with Gasteiger partial charge in [-0.25, -0.2) is 8.42 Å². The summed E-state index contributed by atoms with van der Waals surface area (Å²) < 4.78 is 38.3. The maximum Gasteiger partial charge on any atom is 0.216 e. The molecule has 9 heteroatoms. The molecule has 1 fully saturated rings. The van der Waals surface area contributed by atoms with Crippen molar-refractivity contribution in [1.82, 2.24) is 14.9 Å². The molecule has 1 saturated heterocycles. The predicted octanol–water partition coefficient (Wildman–Crippen LogP) is 1.85. The number of nitrogens with zero attached hydrogens (tertiary/aromatic N) is 2. The molecule has 2 atom stereocenters. The molecule has 1 aromatic heterocycles. The fraction of sp³-hybridized carbons (Fsp3) is 0.550. The number of furan rings is 1. The highest BCUT2D eigenvalue weighted by molar-refractivity contribution is 7.89. The number of nitrogens with one attached hydrogen (secondary N) is 2. The van der Waals surface area contributed by atoms with E-state index >= 15 is 0 Å². The van der Waals surface area contributed by atoms with Crippen LogP contribution in [0.1, 0.15) is 25.2 Å². The summed E-state index contributed by atoms with van der Waals surface area (Å²) in [6.07, 6.45) is -0.189. The maximum atomic E-state index is 12.6. The van der Waals surface area contributed by atoms with Crippen molar-refractivity contribution in [3.8, 4) is 0 Å². The second kappa shape index (κ2) is 9.15. The van der Waals surface area contributed by atoms with E-state index in [4.69, 9.17) is 9.15 Å². The molecule has 1 aliphatic heterocycles. The van der Waals surface area contributed by atoms with Crippen molar-refractivity contribution in [3.63, 3.8) is 0 Å². The van der Waals surface area contributed by atoms with Gasteiger partial charge in [-0.05, 0) is 26.8 Å². The van der Waals surface area contributed by atoms with Crippen LogP contribution in [0, 0.1) is 6.92 Å². The second-order valence-corrected chi connectivity index (χ2v) is 9.48. The Labute approximate surface area is 172 Å². The molecule has 29 heavy (non-hydrogen) atoms. The number of morpholine rings is 1. The number of hydrogen-bond donors (Lipinski definition) is 2. The summed E-state index contributed by atoms with van der Waals surface area (Å²) in [5.74, 6) is 1.36. The van der Waals surface area contributed by atoms with Gasteiger partial charge in [0.15, 0.2) is 5.96 Å². The Hall–Kier alpha value is -2.10. The molecule has 160 valence electrons. The van der Waals surface area contributed by atoms with Gasteiger partial charge in [-0.2, -0.15) is 4.31 Å². The summed E-state index contributed by atoms with van der Waals surface area (Å²) in [6.45, 7) is 7.32. The van der Waals surface area contributed by atoms with Crippen molar-refractivity contribution in [2.75, 3.05) is 32.4 Å². The fourth-order valence-corrected chi connectivity index (χ4v) is 5.06. The maximum absolute atomic E-state index is 12.6. The third-order valence-electron chi connectivity index (χ3n) is 5.01. The van der Waals surface area contributed by atoms with E-state index in [-0.39, 0.29) is 24.5 Å². The van der Waals surface area contributed by atoms with Crippen molar-refractivity contribution in [1.29, 1.82) is 0 Å². The molecule has 2 unspecified atom stereocenters. The molecule has 0 radical (unpaired) electrons. The monoisotopic (exact) mass is 422 g/mol. The van der Waals surface area contributed by atoms with Crippen LogP contribution >= 0.6 is 0 Å². The molecule has 0 amide bonds. The standard InChI is InChI=1S/C20H30N4O4S/c1-14-12-24(13-15(2)27-14)29(25,26)10-9-22-20(21-4)23-11-19-16(3)17-7-5-6-8-18(17)28-19/h5-8,14-15H,9-13H2,1-4H3,(H2,21,22,23). The van der Waals surface area contributed by atoms with Gasteiger partial charge in [0.05, 0.1) is 24.5 Å². The Morgan fingerprint density at radius 2 is 1.90 bits per heavy atom. The number of guanidine groups is 1. The lowest BCUT2D eigenvalue weighted by atomic mass is 10.1. The molecule has 0 spiro atoms. The highest BCUT2D eigenvalue weighted by atomic mass is 32.2. The van der Waals surface area contributed by atoms with Crippen LogP contribution in [0.5, 0.6) is 0 Å². The first-order valence-electron chi connectivity index (χ1n) is 9.85. The predicted molar refractivity (Wildman–Crippen MR) is 115 cm³/mol. The number of fused-ring (bicyclic) bond motifs is 1. The summed E-state index contributed by atoms with van der Waals surface area (Å²) >= 11 is 0. The van der Waals surface area contributed by atoms with E-state index in [0.29, 0.717) is 25.6 Å². The van der Waals surface area contributed by atoms with E-state index < -0.39 is 10.0 Å². The van der Waals surface area contributed by atoms with Crippen LogP contribution in [0.3, 0.4) is 0 Å². The van der Waals surface area contributed by atoms with E-state index in [1.807, 2.05) is 45.0 Å². The third-order valence-corrected chi connectivity index (χ3v) is 6.82. The first-order chi connectivity index (χ1) is 13.8. The van der Waals surface area contributed by atoms with Gasteiger partial charge in [-0.1, -0.05) is 18.2 Å².